The summed E-state index contributed by atoms with van der Waals surface area (Å²) >= 11 is 5.69. The van der Waals surface area contributed by atoms with Crippen LogP contribution in [0, 0.1) is 0 Å². The number of unbranched alkanes of at least 4 members (excludes halogenated alkanes) is 9. The van der Waals surface area contributed by atoms with Crippen molar-refractivity contribution in [2.75, 3.05) is 30.2 Å². The van der Waals surface area contributed by atoms with Crippen molar-refractivity contribution in [3.8, 4) is 0 Å². The quantitative estimate of drug-likeness (QED) is 0.0788. The number of carbonyl (C=O) groups excluding carboxylic acids is 1. The highest BCUT2D eigenvalue weighted by atomic mass is 32.8. The molecular weight excluding hydrogens is 607 g/mol. The molecule has 0 saturated carbocycles. The van der Waals surface area contributed by atoms with Crippen LogP contribution in [0.3, 0.4) is 0 Å². The van der Waals surface area contributed by atoms with Crippen LogP contribution in [0.4, 0.5) is 5.82 Å². The van der Waals surface area contributed by atoms with Gasteiger partial charge < -0.3 is 24.3 Å². The fraction of sp³-hybridized carbons (Fsp3) is 0.793. The second kappa shape index (κ2) is 20.5. The summed E-state index contributed by atoms with van der Waals surface area (Å²) in [5, 5.41) is 2.86. The molecule has 0 amide bonds. The maximum absolute atomic E-state index is 13.8. The first kappa shape index (κ1) is 37.7. The minimum atomic E-state index is -3.57. The summed E-state index contributed by atoms with van der Waals surface area (Å²) in [6, 6.07) is -0.835. The largest absolute Gasteiger partial charge is 0.462 e. The van der Waals surface area contributed by atoms with Gasteiger partial charge in [-0.05, 0) is 39.9 Å². The lowest BCUT2D eigenvalue weighted by Gasteiger charge is -2.25. The van der Waals surface area contributed by atoms with E-state index in [9.17, 15) is 9.36 Å². The molecule has 0 fully saturated rings. The second-order valence-electron chi connectivity index (χ2n) is 11.3. The van der Waals surface area contributed by atoms with Gasteiger partial charge in [0.15, 0.2) is 11.5 Å². The predicted molar refractivity (Wildman–Crippen MR) is 179 cm³/mol. The molecule has 0 aliphatic heterocycles. The fourth-order valence-electron chi connectivity index (χ4n) is 4.51. The van der Waals surface area contributed by atoms with E-state index in [0.29, 0.717) is 29.3 Å². The van der Waals surface area contributed by atoms with E-state index >= 15 is 0 Å². The molecule has 0 radical (unpaired) electrons. The number of aromatic nitrogens is 4. The molecule has 0 aliphatic carbocycles. The van der Waals surface area contributed by atoms with Crippen LogP contribution in [0.25, 0.3) is 11.2 Å². The second-order valence-corrected chi connectivity index (χ2v) is 16.5. The highest BCUT2D eigenvalue weighted by Crippen LogP contribution is 2.43. The van der Waals surface area contributed by atoms with Gasteiger partial charge in [-0.1, -0.05) is 75.9 Å². The summed E-state index contributed by atoms with van der Waals surface area (Å²) in [5.74, 6) is 1.39. The van der Waals surface area contributed by atoms with Crippen LogP contribution in [0.5, 0.6) is 0 Å². The number of carbonyl (C=O) groups is 1. The van der Waals surface area contributed by atoms with Gasteiger partial charge in [0.2, 0.25) is 0 Å². The van der Waals surface area contributed by atoms with E-state index in [2.05, 4.69) is 27.0 Å². The molecule has 3 N–H and O–H groups in total. The van der Waals surface area contributed by atoms with Crippen LogP contribution in [0.15, 0.2) is 12.7 Å². The average molecular weight is 661 g/mol. The highest BCUT2D eigenvalue weighted by Gasteiger charge is 2.31. The maximum atomic E-state index is 13.8. The van der Waals surface area contributed by atoms with Crippen molar-refractivity contribution in [2.45, 2.75) is 124 Å². The first-order valence-electron chi connectivity index (χ1n) is 15.6. The molecule has 2 aromatic heterocycles. The Morgan fingerprint density at radius 3 is 2.33 bits per heavy atom. The zero-order valence-electron chi connectivity index (χ0n) is 26.7. The van der Waals surface area contributed by atoms with Crippen molar-refractivity contribution in [1.29, 1.82) is 0 Å². The summed E-state index contributed by atoms with van der Waals surface area (Å²) in [5.41, 5.74) is 6.99. The molecule has 43 heavy (non-hydrogen) atoms. The zero-order valence-corrected chi connectivity index (χ0v) is 29.2. The molecular formula is C29H53N6O5PS2. The summed E-state index contributed by atoms with van der Waals surface area (Å²) in [4.78, 5) is 24.9. The van der Waals surface area contributed by atoms with Gasteiger partial charge >= 0.3 is 5.97 Å². The van der Waals surface area contributed by atoms with E-state index in [-0.39, 0.29) is 34.6 Å². The Balaban J connectivity index is 1.82. The van der Waals surface area contributed by atoms with E-state index in [0.717, 1.165) is 12.2 Å². The van der Waals surface area contributed by atoms with Gasteiger partial charge in [-0.3, -0.25) is 9.36 Å². The standard InChI is InChI=1S/C29H53N6O5PS2/c1-6-7-8-9-10-11-12-13-14-15-17-43(42)18-16-39-41(37,34-25(5)29(36)40-23(2)3)22-38-24(4)19-35-21-33-26-27(30)31-20-32-28(26)35/h20-21,23-25H,6-19,22H2,1-5H3,(H,34,37)(H2,30,31,32)/t24-,25+,41+,43?/m1/s1. The van der Waals surface area contributed by atoms with Gasteiger partial charge in [0, 0.05) is 5.75 Å². The van der Waals surface area contributed by atoms with Gasteiger partial charge in [0.1, 0.15) is 24.2 Å². The molecule has 0 spiro atoms. The maximum Gasteiger partial charge on any atom is 0.323 e. The van der Waals surface area contributed by atoms with E-state index in [1.54, 1.807) is 31.7 Å². The Labute approximate surface area is 264 Å². The van der Waals surface area contributed by atoms with Crippen molar-refractivity contribution in [2.24, 2.45) is 0 Å². The lowest BCUT2D eigenvalue weighted by atomic mass is 10.1. The number of fused-ring (bicyclic) bond motifs is 1. The first-order chi connectivity index (χ1) is 20.5. The number of esters is 1. The van der Waals surface area contributed by atoms with Crippen LogP contribution in [-0.2, 0) is 50.5 Å². The van der Waals surface area contributed by atoms with Gasteiger partial charge in [-0.2, -0.15) is 0 Å². The molecule has 0 aliphatic rings. The summed E-state index contributed by atoms with van der Waals surface area (Å²) in [7, 11) is -3.82. The minimum absolute atomic E-state index is 0.221. The number of nitrogens with one attached hydrogen (secondary N) is 1. The monoisotopic (exact) mass is 660 g/mol. The number of nitrogen functional groups attached to an aromatic ring is 1. The summed E-state index contributed by atoms with van der Waals surface area (Å²) < 4.78 is 32.8. The Morgan fingerprint density at radius 1 is 1.02 bits per heavy atom. The third-order valence-electron chi connectivity index (χ3n) is 6.84. The Bertz CT molecular complexity index is 1170. The van der Waals surface area contributed by atoms with E-state index in [4.69, 9.17) is 30.9 Å². The molecule has 4 atom stereocenters. The number of imidazole rings is 1. The van der Waals surface area contributed by atoms with Gasteiger partial charge in [-0.15, -0.1) is 9.45 Å². The Kier molecular flexibility index (Phi) is 18.0. The zero-order chi connectivity index (χ0) is 31.7. The Hall–Kier alpha value is -1.50. The lowest BCUT2D eigenvalue weighted by molar-refractivity contribution is -0.149. The van der Waals surface area contributed by atoms with Crippen molar-refractivity contribution >= 4 is 51.1 Å². The topological polar surface area (TPSA) is 143 Å². The van der Waals surface area contributed by atoms with Crippen LogP contribution < -0.4 is 10.8 Å². The minimum Gasteiger partial charge on any atom is -0.462 e. The number of nitrogens with zero attached hydrogens (tertiary/aromatic N) is 4. The molecule has 0 saturated heterocycles. The van der Waals surface area contributed by atoms with E-state index in [1.807, 2.05) is 6.92 Å². The van der Waals surface area contributed by atoms with Crippen molar-refractivity contribution < 1.29 is 23.4 Å². The number of rotatable bonds is 24. The van der Waals surface area contributed by atoms with E-state index in [1.165, 1.54) is 64.1 Å². The first-order valence-corrected chi connectivity index (χ1v) is 19.9. The van der Waals surface area contributed by atoms with Crippen molar-refractivity contribution in [3.63, 3.8) is 0 Å². The third kappa shape index (κ3) is 14.9. The molecule has 2 heterocycles. The smallest absolute Gasteiger partial charge is 0.323 e. The SMILES string of the molecule is CCCCCCCCCCCCS(=S)CCO[P@@](=O)(CO[C@H](C)Cn1cnc2c(N)ncnc21)N[C@@H](C)C(=O)OC(C)C. The molecule has 1 unspecified atom stereocenters. The van der Waals surface area contributed by atoms with Gasteiger partial charge in [-0.25, -0.2) is 20.0 Å². The number of hydrogen-bond donors (Lipinski definition) is 2. The molecule has 2 aromatic rings. The highest BCUT2D eigenvalue weighted by molar-refractivity contribution is 8.28. The van der Waals surface area contributed by atoms with E-state index < -0.39 is 19.5 Å². The molecule has 246 valence electrons. The summed E-state index contributed by atoms with van der Waals surface area (Å²) in [6.07, 6.45) is 15.0. The van der Waals surface area contributed by atoms with Crippen molar-refractivity contribution in [3.05, 3.63) is 12.7 Å². The van der Waals surface area contributed by atoms with Gasteiger partial charge in [0.05, 0.1) is 31.7 Å². The lowest BCUT2D eigenvalue weighted by Crippen LogP contribution is -2.36. The number of hydrogen-bond acceptors (Lipinski definition) is 10. The van der Waals surface area contributed by atoms with Crippen LogP contribution in [0.2, 0.25) is 0 Å². The number of ether oxygens (including phenoxy) is 2. The molecule has 0 bridgehead atoms. The number of anilines is 1. The third-order valence-corrected chi connectivity index (χ3v) is 11.1. The van der Waals surface area contributed by atoms with Crippen LogP contribution in [0.1, 0.15) is 98.8 Å². The summed E-state index contributed by atoms with van der Waals surface area (Å²) in [6.45, 7) is 9.86. The van der Waals surface area contributed by atoms with Crippen LogP contribution in [-0.4, -0.2) is 68.2 Å². The molecule has 14 heteroatoms. The molecule has 11 nitrogen and oxygen atoms in total. The fourth-order valence-corrected chi connectivity index (χ4v) is 7.95. The van der Waals surface area contributed by atoms with Crippen molar-refractivity contribution in [1.82, 2.24) is 24.6 Å². The Morgan fingerprint density at radius 2 is 1.67 bits per heavy atom. The van der Waals surface area contributed by atoms with Crippen LogP contribution >= 0.6 is 7.52 Å². The predicted octanol–water partition coefficient (Wildman–Crippen LogP) is 5.91. The molecule has 2 rings (SSSR count). The molecule has 0 aromatic carbocycles. The normalized spacial score (nSPS) is 15.4. The number of nitrogens with two attached hydrogens (primary N) is 1. The van der Waals surface area contributed by atoms with Gasteiger partial charge in [0.25, 0.3) is 7.52 Å². The average Bonchev–Trinajstić information content (AvgIpc) is 3.36.